The van der Waals surface area contributed by atoms with Crippen LogP contribution in [-0.4, -0.2) is 42.1 Å². The molecule has 1 aromatic rings. The van der Waals surface area contributed by atoms with Crippen LogP contribution in [0, 0.1) is 11.8 Å². The van der Waals surface area contributed by atoms with Crippen molar-refractivity contribution in [3.8, 4) is 11.5 Å². The molecule has 0 spiro atoms. The van der Waals surface area contributed by atoms with E-state index in [9.17, 15) is 18.4 Å². The molecule has 1 aromatic carbocycles. The quantitative estimate of drug-likeness (QED) is 0.741. The second kappa shape index (κ2) is 9.53. The number of benzene rings is 1. The maximum atomic E-state index is 12.6. The maximum Gasteiger partial charge on any atom is 0.387 e. The molecule has 0 unspecified atom stereocenters. The fourth-order valence-electron chi connectivity index (χ4n) is 3.36. The second-order valence-corrected chi connectivity index (χ2v) is 6.67. The molecule has 0 radical (unpaired) electrons. The summed E-state index contributed by atoms with van der Waals surface area (Å²) in [5.74, 6) is -1.22. The van der Waals surface area contributed by atoms with Crippen LogP contribution in [0.1, 0.15) is 38.2 Å². The van der Waals surface area contributed by atoms with Crippen LogP contribution in [0.5, 0.6) is 11.5 Å². The van der Waals surface area contributed by atoms with E-state index in [1.807, 2.05) is 0 Å². The smallest absolute Gasteiger partial charge is 0.387 e. The first-order valence-electron chi connectivity index (χ1n) is 9.00. The van der Waals surface area contributed by atoms with Crippen LogP contribution in [0.15, 0.2) is 18.2 Å². The molecule has 1 aliphatic rings. The highest BCUT2D eigenvalue weighted by molar-refractivity contribution is 5.79. The highest BCUT2D eigenvalue weighted by Gasteiger charge is 2.31. The van der Waals surface area contributed by atoms with Crippen LogP contribution >= 0.6 is 0 Å². The Labute approximate surface area is 157 Å². The molecule has 1 amide bonds. The Balaban J connectivity index is 2.00. The van der Waals surface area contributed by atoms with Crippen LogP contribution in [0.3, 0.4) is 0 Å². The van der Waals surface area contributed by atoms with Crippen LogP contribution in [-0.2, 0) is 16.1 Å². The van der Waals surface area contributed by atoms with Crippen LogP contribution in [0.25, 0.3) is 0 Å². The summed E-state index contributed by atoms with van der Waals surface area (Å²) in [5.41, 5.74) is 0.732. The third kappa shape index (κ3) is 5.80. The third-order valence-corrected chi connectivity index (χ3v) is 4.75. The number of nitrogens with zero attached hydrogens (tertiary/aromatic N) is 1. The van der Waals surface area contributed by atoms with Gasteiger partial charge in [0.1, 0.15) is 0 Å². The van der Waals surface area contributed by atoms with Crippen molar-refractivity contribution >= 4 is 11.9 Å². The van der Waals surface area contributed by atoms with Crippen LogP contribution in [0.4, 0.5) is 8.78 Å². The van der Waals surface area contributed by atoms with E-state index in [4.69, 9.17) is 9.84 Å². The molecule has 0 saturated heterocycles. The molecule has 27 heavy (non-hydrogen) atoms. The van der Waals surface area contributed by atoms with Crippen molar-refractivity contribution in [2.45, 2.75) is 45.8 Å². The molecule has 2 rings (SSSR count). The minimum absolute atomic E-state index is 0.0373. The number of amides is 1. The highest BCUT2D eigenvalue weighted by Crippen LogP contribution is 2.32. The summed E-state index contributed by atoms with van der Waals surface area (Å²) in [5, 5.41) is 9.05. The predicted octanol–water partition coefficient (Wildman–Crippen LogP) is 3.54. The van der Waals surface area contributed by atoms with Gasteiger partial charge in [-0.15, -0.1) is 0 Å². The Morgan fingerprint density at radius 3 is 2.37 bits per heavy atom. The summed E-state index contributed by atoms with van der Waals surface area (Å²) in [6.45, 7) is -0.612. The van der Waals surface area contributed by atoms with Gasteiger partial charge in [0.05, 0.1) is 12.5 Å². The van der Waals surface area contributed by atoms with E-state index in [0.717, 1.165) is 5.56 Å². The number of hydrogen-bond donors (Lipinski definition) is 1. The van der Waals surface area contributed by atoms with Gasteiger partial charge < -0.3 is 19.5 Å². The number of ether oxygens (including phenoxy) is 2. The van der Waals surface area contributed by atoms with Crippen molar-refractivity contribution in [1.29, 1.82) is 0 Å². The molecular formula is C19H25F2NO5. The highest BCUT2D eigenvalue weighted by atomic mass is 19.3. The van der Waals surface area contributed by atoms with Crippen LogP contribution < -0.4 is 9.47 Å². The van der Waals surface area contributed by atoms with Crippen molar-refractivity contribution in [3.63, 3.8) is 0 Å². The van der Waals surface area contributed by atoms with E-state index in [0.29, 0.717) is 38.8 Å². The average molecular weight is 385 g/mol. The van der Waals surface area contributed by atoms with Gasteiger partial charge in [-0.1, -0.05) is 6.07 Å². The van der Waals surface area contributed by atoms with Crippen molar-refractivity contribution in [2.24, 2.45) is 11.8 Å². The van der Waals surface area contributed by atoms with Crippen molar-refractivity contribution < 1.29 is 33.0 Å². The van der Waals surface area contributed by atoms with E-state index in [2.05, 4.69) is 4.74 Å². The third-order valence-electron chi connectivity index (χ3n) is 4.75. The van der Waals surface area contributed by atoms with Gasteiger partial charge in [-0.25, -0.2) is 0 Å². The Morgan fingerprint density at radius 2 is 1.81 bits per heavy atom. The van der Waals surface area contributed by atoms with Crippen molar-refractivity contribution in [1.82, 2.24) is 4.90 Å². The zero-order chi connectivity index (χ0) is 20.0. The lowest BCUT2D eigenvalue weighted by Gasteiger charge is -2.29. The first-order valence-corrected chi connectivity index (χ1v) is 9.00. The number of hydrogen-bond acceptors (Lipinski definition) is 4. The predicted molar refractivity (Wildman–Crippen MR) is 93.8 cm³/mol. The number of carboxylic acids is 1. The van der Waals surface area contributed by atoms with Gasteiger partial charge in [-0.2, -0.15) is 8.78 Å². The first kappa shape index (κ1) is 20.9. The molecule has 0 atom stereocenters. The van der Waals surface area contributed by atoms with E-state index in [1.54, 1.807) is 31.0 Å². The van der Waals surface area contributed by atoms with Gasteiger partial charge >= 0.3 is 12.6 Å². The molecule has 0 aromatic heterocycles. The molecule has 1 aliphatic carbocycles. The van der Waals surface area contributed by atoms with Gasteiger partial charge in [0.15, 0.2) is 11.5 Å². The van der Waals surface area contributed by atoms with E-state index < -0.39 is 12.6 Å². The second-order valence-electron chi connectivity index (χ2n) is 6.67. The SMILES string of the molecule is CCOc1cc(CN(C)C(=O)C2CCC(C(=O)O)CC2)ccc1OC(F)F. The van der Waals surface area contributed by atoms with Gasteiger partial charge in [0.2, 0.25) is 5.91 Å². The Morgan fingerprint density at radius 1 is 1.19 bits per heavy atom. The molecule has 8 heteroatoms. The summed E-state index contributed by atoms with van der Waals surface area (Å²) >= 11 is 0. The largest absolute Gasteiger partial charge is 0.490 e. The zero-order valence-electron chi connectivity index (χ0n) is 15.5. The Hall–Kier alpha value is -2.38. The molecule has 1 N–H and O–H groups in total. The van der Waals surface area contributed by atoms with E-state index in [-0.39, 0.29) is 29.2 Å². The minimum Gasteiger partial charge on any atom is -0.490 e. The van der Waals surface area contributed by atoms with E-state index in [1.165, 1.54) is 6.07 Å². The topological polar surface area (TPSA) is 76.1 Å². The summed E-state index contributed by atoms with van der Waals surface area (Å²) in [6.07, 6.45) is 2.14. The lowest BCUT2D eigenvalue weighted by molar-refractivity contribution is -0.145. The van der Waals surface area contributed by atoms with Gasteiger partial charge in [-0.05, 0) is 50.3 Å². The van der Waals surface area contributed by atoms with Crippen LogP contribution in [0.2, 0.25) is 0 Å². The summed E-state index contributed by atoms with van der Waals surface area (Å²) in [6, 6.07) is 4.61. The fourth-order valence-corrected chi connectivity index (χ4v) is 3.36. The first-order chi connectivity index (χ1) is 12.8. The molecule has 0 aliphatic heterocycles. The summed E-state index contributed by atoms with van der Waals surface area (Å²) in [7, 11) is 1.68. The number of carboxylic acid groups (broad SMARTS) is 1. The summed E-state index contributed by atoms with van der Waals surface area (Å²) in [4.78, 5) is 25.2. The monoisotopic (exact) mass is 385 g/mol. The summed E-state index contributed by atoms with van der Waals surface area (Å²) < 4.78 is 34.7. The zero-order valence-corrected chi connectivity index (χ0v) is 15.5. The molecule has 0 heterocycles. The molecule has 1 fully saturated rings. The normalized spacial score (nSPS) is 19.6. The van der Waals surface area contributed by atoms with Gasteiger partial charge in [0.25, 0.3) is 0 Å². The number of aliphatic carboxylic acids is 1. The molecular weight excluding hydrogens is 360 g/mol. The Kier molecular flexibility index (Phi) is 7.38. The fraction of sp³-hybridized carbons (Fsp3) is 0.579. The molecule has 150 valence electrons. The van der Waals surface area contributed by atoms with Gasteiger partial charge in [0, 0.05) is 19.5 Å². The molecule has 0 bridgehead atoms. The molecule has 1 saturated carbocycles. The standard InChI is InChI=1S/C19H25F2NO5/c1-3-26-16-10-12(4-9-15(16)27-19(20)21)11-22(2)17(23)13-5-7-14(8-6-13)18(24)25/h4,9-10,13-14,19H,3,5-8,11H2,1-2H3,(H,24,25). The maximum absolute atomic E-state index is 12.6. The minimum atomic E-state index is -2.94. The Bertz CT molecular complexity index is 660. The lowest BCUT2D eigenvalue weighted by atomic mass is 9.81. The number of carbonyl (C=O) groups excluding carboxylic acids is 1. The van der Waals surface area contributed by atoms with Crippen molar-refractivity contribution in [3.05, 3.63) is 23.8 Å². The number of rotatable bonds is 8. The average Bonchev–Trinajstić information content (AvgIpc) is 2.63. The molecule has 6 nitrogen and oxygen atoms in total. The lowest BCUT2D eigenvalue weighted by Crippen LogP contribution is -2.35. The van der Waals surface area contributed by atoms with Gasteiger partial charge in [-0.3, -0.25) is 9.59 Å². The number of halogens is 2. The number of carbonyl (C=O) groups is 2. The van der Waals surface area contributed by atoms with E-state index >= 15 is 0 Å². The number of alkyl halides is 2. The van der Waals surface area contributed by atoms with Crippen molar-refractivity contribution in [2.75, 3.05) is 13.7 Å².